The number of hydrogen-bond donors (Lipinski definition) is 0. The lowest BCUT2D eigenvalue weighted by Crippen LogP contribution is -2.43. The first-order valence-corrected chi connectivity index (χ1v) is 9.74. The van der Waals surface area contributed by atoms with Crippen molar-refractivity contribution in [1.29, 1.82) is 0 Å². The summed E-state index contributed by atoms with van der Waals surface area (Å²) < 4.78 is 1.03. The van der Waals surface area contributed by atoms with Crippen LogP contribution < -0.4 is 4.90 Å². The van der Waals surface area contributed by atoms with Gasteiger partial charge in [-0.05, 0) is 48.6 Å². The molecule has 2 aliphatic rings. The van der Waals surface area contributed by atoms with Gasteiger partial charge in [-0.15, -0.1) is 0 Å². The fourth-order valence-corrected chi connectivity index (χ4v) is 4.29. The van der Waals surface area contributed by atoms with E-state index in [4.69, 9.17) is 0 Å². The highest BCUT2D eigenvalue weighted by Gasteiger charge is 2.48. The molecular weight excluding hydrogens is 392 g/mol. The number of benzene rings is 2. The number of halogens is 1. The van der Waals surface area contributed by atoms with Crippen molar-refractivity contribution in [2.45, 2.75) is 24.8 Å². The molecule has 26 heavy (non-hydrogen) atoms. The zero-order chi connectivity index (χ0) is 18.3. The number of para-hydroxylation sites is 1. The summed E-state index contributed by atoms with van der Waals surface area (Å²) in [6.45, 7) is 0.658. The summed E-state index contributed by atoms with van der Waals surface area (Å²) >= 11 is 3.49. The number of rotatable bonds is 4. The first-order chi connectivity index (χ1) is 12.6. The third kappa shape index (κ3) is 3.16. The molecule has 0 N–H and O–H groups in total. The molecule has 134 valence electrons. The molecule has 1 saturated carbocycles. The van der Waals surface area contributed by atoms with Crippen molar-refractivity contribution in [3.05, 3.63) is 64.6 Å². The first-order valence-electron chi connectivity index (χ1n) is 8.95. The number of carbonyl (C=O) groups excluding carboxylic acids is 2. The minimum Gasteiger partial charge on any atom is -0.333 e. The fourth-order valence-electron chi connectivity index (χ4n) is 3.88. The lowest BCUT2D eigenvalue weighted by molar-refractivity contribution is -0.137. The molecule has 2 fully saturated rings. The van der Waals surface area contributed by atoms with E-state index in [1.54, 1.807) is 16.8 Å². The van der Waals surface area contributed by atoms with E-state index in [2.05, 4.69) is 28.1 Å². The first kappa shape index (κ1) is 17.3. The van der Waals surface area contributed by atoms with Gasteiger partial charge in [0.2, 0.25) is 11.8 Å². The summed E-state index contributed by atoms with van der Waals surface area (Å²) in [5, 5.41) is 0. The van der Waals surface area contributed by atoms with E-state index in [0.717, 1.165) is 16.6 Å². The molecule has 0 spiro atoms. The molecule has 1 heterocycles. The van der Waals surface area contributed by atoms with E-state index in [-0.39, 0.29) is 29.7 Å². The van der Waals surface area contributed by atoms with Crippen LogP contribution in [0.15, 0.2) is 59.1 Å². The van der Waals surface area contributed by atoms with Gasteiger partial charge < -0.3 is 9.80 Å². The van der Waals surface area contributed by atoms with Crippen molar-refractivity contribution in [2.75, 3.05) is 18.5 Å². The van der Waals surface area contributed by atoms with E-state index in [1.807, 2.05) is 42.5 Å². The Morgan fingerprint density at radius 1 is 1.15 bits per heavy atom. The number of hydrogen-bond acceptors (Lipinski definition) is 2. The Bertz CT molecular complexity index is 839. The molecule has 2 amide bonds. The molecule has 2 aromatic carbocycles. The molecule has 1 aliphatic carbocycles. The second kappa shape index (κ2) is 6.88. The molecule has 5 heteroatoms. The Hall–Kier alpha value is -2.14. The maximum absolute atomic E-state index is 12.9. The molecular formula is C21H21BrN2O2. The van der Waals surface area contributed by atoms with Gasteiger partial charge in [0, 0.05) is 29.7 Å². The molecule has 3 unspecified atom stereocenters. The van der Waals surface area contributed by atoms with Crippen molar-refractivity contribution in [2.24, 2.45) is 5.92 Å². The van der Waals surface area contributed by atoms with Crippen LogP contribution in [0.3, 0.4) is 0 Å². The standard InChI is InChI=1S/C21H21BrN2O2/c1-23(19-10-11-24(21(19)26)16-8-3-2-4-9-16)20(25)18-13-17(18)14-6-5-7-15(22)12-14/h2-9,12,17-19H,10-11,13H2,1H3. The smallest absolute Gasteiger partial charge is 0.249 e. The summed E-state index contributed by atoms with van der Waals surface area (Å²) in [4.78, 5) is 29.2. The number of likely N-dealkylation sites (N-methyl/N-ethyl adjacent to an activating group) is 1. The Balaban J connectivity index is 1.43. The average Bonchev–Trinajstić information content (AvgIpc) is 3.37. The molecule has 3 atom stereocenters. The normalized spacial score (nSPS) is 24.6. The molecule has 2 aromatic rings. The predicted octanol–water partition coefficient (Wildman–Crippen LogP) is 3.82. The lowest BCUT2D eigenvalue weighted by Gasteiger charge is -2.24. The van der Waals surface area contributed by atoms with Crippen molar-refractivity contribution >= 4 is 33.4 Å². The average molecular weight is 413 g/mol. The van der Waals surface area contributed by atoms with Gasteiger partial charge in [-0.3, -0.25) is 9.59 Å². The van der Waals surface area contributed by atoms with Crippen molar-refractivity contribution in [3.8, 4) is 0 Å². The van der Waals surface area contributed by atoms with Gasteiger partial charge in [0.25, 0.3) is 0 Å². The highest BCUT2D eigenvalue weighted by atomic mass is 79.9. The van der Waals surface area contributed by atoms with Crippen LogP contribution in [-0.4, -0.2) is 36.3 Å². The highest BCUT2D eigenvalue weighted by Crippen LogP contribution is 2.49. The Kier molecular flexibility index (Phi) is 4.57. The van der Waals surface area contributed by atoms with Gasteiger partial charge in [0.15, 0.2) is 0 Å². The van der Waals surface area contributed by atoms with Gasteiger partial charge in [-0.2, -0.15) is 0 Å². The number of anilines is 1. The molecule has 0 radical (unpaired) electrons. The second-order valence-electron chi connectivity index (χ2n) is 7.08. The van der Waals surface area contributed by atoms with Crippen LogP contribution in [0.1, 0.15) is 24.3 Å². The van der Waals surface area contributed by atoms with E-state index in [9.17, 15) is 9.59 Å². The summed E-state index contributed by atoms with van der Waals surface area (Å²) in [6, 6.07) is 17.5. The molecule has 0 aromatic heterocycles. The van der Waals surface area contributed by atoms with E-state index >= 15 is 0 Å². The van der Waals surface area contributed by atoms with Crippen molar-refractivity contribution in [3.63, 3.8) is 0 Å². The van der Waals surface area contributed by atoms with Crippen molar-refractivity contribution in [1.82, 2.24) is 4.90 Å². The zero-order valence-electron chi connectivity index (χ0n) is 14.6. The van der Waals surface area contributed by atoms with Gasteiger partial charge in [-0.1, -0.05) is 46.3 Å². The number of amides is 2. The van der Waals surface area contributed by atoms with E-state index in [1.165, 1.54) is 5.56 Å². The van der Waals surface area contributed by atoms with Crippen LogP contribution in [0.25, 0.3) is 0 Å². The Morgan fingerprint density at radius 3 is 2.65 bits per heavy atom. The topological polar surface area (TPSA) is 40.6 Å². The molecule has 4 nitrogen and oxygen atoms in total. The second-order valence-corrected chi connectivity index (χ2v) is 8.00. The fraction of sp³-hybridized carbons (Fsp3) is 0.333. The molecule has 1 saturated heterocycles. The Morgan fingerprint density at radius 2 is 1.92 bits per heavy atom. The van der Waals surface area contributed by atoms with Gasteiger partial charge in [0.1, 0.15) is 6.04 Å². The lowest BCUT2D eigenvalue weighted by atomic mass is 10.1. The van der Waals surface area contributed by atoms with Gasteiger partial charge in [-0.25, -0.2) is 0 Å². The van der Waals surface area contributed by atoms with Gasteiger partial charge >= 0.3 is 0 Å². The minimum absolute atomic E-state index is 0.00660. The maximum atomic E-state index is 12.9. The van der Waals surface area contributed by atoms with Gasteiger partial charge in [0.05, 0.1) is 0 Å². The van der Waals surface area contributed by atoms with Crippen molar-refractivity contribution < 1.29 is 9.59 Å². The summed E-state index contributed by atoms with van der Waals surface area (Å²) in [7, 11) is 1.77. The highest BCUT2D eigenvalue weighted by molar-refractivity contribution is 9.10. The third-order valence-corrected chi connectivity index (χ3v) is 5.94. The summed E-state index contributed by atoms with van der Waals surface area (Å²) in [6.07, 6.45) is 1.55. The summed E-state index contributed by atoms with van der Waals surface area (Å²) in [5.74, 6) is 0.368. The molecule has 4 rings (SSSR count). The van der Waals surface area contributed by atoms with Crippen LogP contribution in [0.5, 0.6) is 0 Å². The van der Waals surface area contributed by atoms with E-state index < -0.39 is 0 Å². The van der Waals surface area contributed by atoms with Crippen LogP contribution >= 0.6 is 15.9 Å². The largest absolute Gasteiger partial charge is 0.333 e. The van der Waals surface area contributed by atoms with E-state index in [0.29, 0.717) is 13.0 Å². The minimum atomic E-state index is -0.355. The van der Waals surface area contributed by atoms with Crippen LogP contribution in [0, 0.1) is 5.92 Å². The Labute approximate surface area is 161 Å². The monoisotopic (exact) mass is 412 g/mol. The predicted molar refractivity (Wildman–Crippen MR) is 105 cm³/mol. The third-order valence-electron chi connectivity index (χ3n) is 5.44. The van der Waals surface area contributed by atoms with Crippen LogP contribution in [0.4, 0.5) is 5.69 Å². The van der Waals surface area contributed by atoms with Crippen LogP contribution in [-0.2, 0) is 9.59 Å². The maximum Gasteiger partial charge on any atom is 0.249 e. The summed E-state index contributed by atoms with van der Waals surface area (Å²) in [5.41, 5.74) is 2.09. The quantitative estimate of drug-likeness (QED) is 0.765. The number of carbonyl (C=O) groups is 2. The zero-order valence-corrected chi connectivity index (χ0v) is 16.2. The molecule has 0 bridgehead atoms. The number of nitrogens with zero attached hydrogens (tertiary/aromatic N) is 2. The van der Waals surface area contributed by atoms with Crippen LogP contribution in [0.2, 0.25) is 0 Å². The molecule has 1 aliphatic heterocycles. The SMILES string of the molecule is CN(C(=O)C1CC1c1cccc(Br)c1)C1CCN(c2ccccc2)C1=O.